The van der Waals surface area contributed by atoms with Gasteiger partial charge in [-0.3, -0.25) is 0 Å². The summed E-state index contributed by atoms with van der Waals surface area (Å²) in [7, 11) is -0.401. The minimum absolute atomic E-state index is 0.310. The van der Waals surface area contributed by atoms with Crippen molar-refractivity contribution in [1.82, 2.24) is 0 Å². The van der Waals surface area contributed by atoms with E-state index in [1.807, 2.05) is 18.2 Å². The van der Waals surface area contributed by atoms with E-state index in [2.05, 4.69) is 27.7 Å². The van der Waals surface area contributed by atoms with Crippen molar-refractivity contribution in [3.63, 3.8) is 0 Å². The molecule has 1 aliphatic carbocycles. The van der Waals surface area contributed by atoms with E-state index in [4.69, 9.17) is 25.6 Å². The highest BCUT2D eigenvalue weighted by atomic mass is 35.5. The molecule has 5 heteroatoms. The second-order valence-electron chi connectivity index (χ2n) is 7.14. The van der Waals surface area contributed by atoms with Crippen LogP contribution in [0, 0.1) is 5.92 Å². The first kappa shape index (κ1) is 16.2. The summed E-state index contributed by atoms with van der Waals surface area (Å²) in [5, 5.41) is 0.651. The predicted octanol–water partition coefficient (Wildman–Crippen LogP) is 3.82. The standard InChI is InChI=1S/C17H24BClO3/c1-5-17(4)16(2,3)21-18(22-17)13-8-14(19)10-15(9-13)20-11-12-6-7-12/h8-10,12H,5-7,11H2,1-4H3. The van der Waals surface area contributed by atoms with Crippen molar-refractivity contribution in [3.8, 4) is 5.75 Å². The van der Waals surface area contributed by atoms with Gasteiger partial charge in [-0.2, -0.15) is 0 Å². The van der Waals surface area contributed by atoms with E-state index < -0.39 is 7.12 Å². The van der Waals surface area contributed by atoms with Gasteiger partial charge in [0.2, 0.25) is 0 Å². The molecule has 3 nitrogen and oxygen atoms in total. The molecule has 22 heavy (non-hydrogen) atoms. The highest BCUT2D eigenvalue weighted by Gasteiger charge is 2.53. The van der Waals surface area contributed by atoms with Gasteiger partial charge in [0.05, 0.1) is 17.8 Å². The van der Waals surface area contributed by atoms with Gasteiger partial charge >= 0.3 is 7.12 Å². The highest BCUT2D eigenvalue weighted by molar-refractivity contribution is 6.62. The second-order valence-corrected chi connectivity index (χ2v) is 7.57. The van der Waals surface area contributed by atoms with Crippen LogP contribution in [0.5, 0.6) is 5.75 Å². The maximum atomic E-state index is 6.24. The summed E-state index contributed by atoms with van der Waals surface area (Å²) >= 11 is 6.24. The van der Waals surface area contributed by atoms with Crippen LogP contribution in [0.15, 0.2) is 18.2 Å². The molecule has 1 aliphatic heterocycles. The zero-order chi connectivity index (χ0) is 16.0. The van der Waals surface area contributed by atoms with Crippen molar-refractivity contribution in [3.05, 3.63) is 23.2 Å². The van der Waals surface area contributed by atoms with Crippen LogP contribution in [0.4, 0.5) is 0 Å². The fraction of sp³-hybridized carbons (Fsp3) is 0.647. The summed E-state index contributed by atoms with van der Waals surface area (Å²) in [5.41, 5.74) is 0.266. The number of ether oxygens (including phenoxy) is 1. The first-order chi connectivity index (χ1) is 10.3. The Morgan fingerprint density at radius 3 is 2.55 bits per heavy atom. The Morgan fingerprint density at radius 1 is 1.23 bits per heavy atom. The normalized spacial score (nSPS) is 27.2. The van der Waals surface area contributed by atoms with Crippen molar-refractivity contribution >= 4 is 24.2 Å². The molecule has 3 rings (SSSR count). The Morgan fingerprint density at radius 2 is 1.95 bits per heavy atom. The molecule has 1 unspecified atom stereocenters. The van der Waals surface area contributed by atoms with Gasteiger partial charge in [-0.1, -0.05) is 18.5 Å². The molecule has 1 saturated carbocycles. The van der Waals surface area contributed by atoms with Gasteiger partial charge in [0.15, 0.2) is 0 Å². The number of benzene rings is 1. The van der Waals surface area contributed by atoms with Gasteiger partial charge in [-0.05, 0) is 69.6 Å². The first-order valence-electron chi connectivity index (χ1n) is 8.12. The largest absolute Gasteiger partial charge is 0.495 e. The number of rotatable bonds is 5. The Balaban J connectivity index is 1.79. The summed E-state index contributed by atoms with van der Waals surface area (Å²) in [6.45, 7) is 9.14. The van der Waals surface area contributed by atoms with Crippen molar-refractivity contribution in [2.45, 2.75) is 58.2 Å². The average Bonchev–Trinajstić information content (AvgIpc) is 3.23. The fourth-order valence-electron chi connectivity index (χ4n) is 2.74. The monoisotopic (exact) mass is 322 g/mol. The number of hydrogen-bond acceptors (Lipinski definition) is 3. The van der Waals surface area contributed by atoms with Gasteiger partial charge in [0.25, 0.3) is 0 Å². The van der Waals surface area contributed by atoms with E-state index in [0.29, 0.717) is 10.9 Å². The van der Waals surface area contributed by atoms with E-state index >= 15 is 0 Å². The molecule has 1 aromatic carbocycles. The van der Waals surface area contributed by atoms with Gasteiger partial charge in [-0.25, -0.2) is 0 Å². The molecular weight excluding hydrogens is 298 g/mol. The summed E-state index contributed by atoms with van der Waals surface area (Å²) in [6.07, 6.45) is 3.43. The highest BCUT2D eigenvalue weighted by Crippen LogP contribution is 2.39. The van der Waals surface area contributed by atoms with Crippen LogP contribution in [0.3, 0.4) is 0 Å². The maximum absolute atomic E-state index is 6.24. The minimum Gasteiger partial charge on any atom is -0.493 e. The summed E-state index contributed by atoms with van der Waals surface area (Å²) in [4.78, 5) is 0. The van der Waals surface area contributed by atoms with Gasteiger partial charge in [0.1, 0.15) is 5.75 Å². The molecule has 2 fully saturated rings. The van der Waals surface area contributed by atoms with Crippen LogP contribution in [0.1, 0.15) is 47.0 Å². The van der Waals surface area contributed by atoms with Gasteiger partial charge < -0.3 is 14.0 Å². The van der Waals surface area contributed by atoms with Crippen LogP contribution in [0.2, 0.25) is 5.02 Å². The molecule has 120 valence electrons. The minimum atomic E-state index is -0.401. The Labute approximate surface area is 138 Å². The second kappa shape index (κ2) is 5.74. The predicted molar refractivity (Wildman–Crippen MR) is 90.0 cm³/mol. The lowest BCUT2D eigenvalue weighted by molar-refractivity contribution is -0.0118. The molecule has 2 aliphatic rings. The van der Waals surface area contributed by atoms with E-state index in [9.17, 15) is 0 Å². The molecular formula is C17H24BClO3. The molecule has 0 aromatic heterocycles. The van der Waals surface area contributed by atoms with Crippen LogP contribution in [0.25, 0.3) is 0 Å². The Kier molecular flexibility index (Phi) is 4.21. The first-order valence-corrected chi connectivity index (χ1v) is 8.50. The molecule has 1 saturated heterocycles. The lowest BCUT2D eigenvalue weighted by atomic mass is 9.79. The number of hydrogen-bond donors (Lipinski definition) is 0. The molecule has 0 amide bonds. The fourth-order valence-corrected chi connectivity index (χ4v) is 2.98. The van der Waals surface area contributed by atoms with Crippen LogP contribution in [-0.2, 0) is 9.31 Å². The zero-order valence-corrected chi connectivity index (χ0v) is 14.6. The smallest absolute Gasteiger partial charge is 0.493 e. The summed E-state index contributed by atoms with van der Waals surface area (Å²) in [5.74, 6) is 1.51. The molecule has 0 N–H and O–H groups in total. The van der Waals surface area contributed by atoms with Gasteiger partial charge in [0, 0.05) is 5.02 Å². The average molecular weight is 323 g/mol. The summed E-state index contributed by atoms with van der Waals surface area (Å²) < 4.78 is 18.2. The molecule has 0 spiro atoms. The van der Waals surface area contributed by atoms with Crippen molar-refractivity contribution in [2.75, 3.05) is 6.61 Å². The lowest BCUT2D eigenvalue weighted by Crippen LogP contribution is -2.44. The molecule has 0 bridgehead atoms. The van der Waals surface area contributed by atoms with E-state index in [1.54, 1.807) is 0 Å². The third-order valence-electron chi connectivity index (χ3n) is 5.07. The Bertz CT molecular complexity index is 559. The zero-order valence-electron chi connectivity index (χ0n) is 13.8. The van der Waals surface area contributed by atoms with Crippen LogP contribution >= 0.6 is 11.6 Å². The van der Waals surface area contributed by atoms with Crippen molar-refractivity contribution < 1.29 is 14.0 Å². The van der Waals surface area contributed by atoms with E-state index in [1.165, 1.54) is 12.8 Å². The maximum Gasteiger partial charge on any atom is 0.495 e. The van der Waals surface area contributed by atoms with Crippen LogP contribution < -0.4 is 10.2 Å². The molecule has 1 heterocycles. The quantitative estimate of drug-likeness (QED) is 0.771. The lowest BCUT2D eigenvalue weighted by Gasteiger charge is -2.35. The van der Waals surface area contributed by atoms with Crippen molar-refractivity contribution in [2.24, 2.45) is 5.92 Å². The van der Waals surface area contributed by atoms with Gasteiger partial charge in [-0.15, -0.1) is 0 Å². The van der Waals surface area contributed by atoms with E-state index in [0.717, 1.165) is 24.2 Å². The SMILES string of the molecule is CCC1(C)OB(c2cc(Cl)cc(OCC3CC3)c2)OC1(C)C. The van der Waals surface area contributed by atoms with E-state index in [-0.39, 0.29) is 11.2 Å². The molecule has 0 radical (unpaired) electrons. The van der Waals surface area contributed by atoms with Crippen LogP contribution in [-0.4, -0.2) is 24.9 Å². The molecule has 1 aromatic rings. The third-order valence-corrected chi connectivity index (χ3v) is 5.28. The Hall–Kier alpha value is -0.705. The molecule has 1 atom stereocenters. The summed E-state index contributed by atoms with van der Waals surface area (Å²) in [6, 6.07) is 5.73. The third kappa shape index (κ3) is 3.15. The topological polar surface area (TPSA) is 27.7 Å². The number of halogens is 1. The van der Waals surface area contributed by atoms with Crippen molar-refractivity contribution in [1.29, 1.82) is 0 Å².